The van der Waals surface area contributed by atoms with E-state index in [2.05, 4.69) is 17.2 Å². The summed E-state index contributed by atoms with van der Waals surface area (Å²) in [5, 5.41) is 3.36. The SMILES string of the molecule is COC(=O)CCN(Cc1ccncc1)C(=O)[C@H]1CCN[C@@H](C)C1. The number of nitrogens with one attached hydrogen (secondary N) is 1. The van der Waals surface area contributed by atoms with Gasteiger partial charge in [0, 0.05) is 37.4 Å². The van der Waals surface area contributed by atoms with Crippen molar-refractivity contribution in [3.05, 3.63) is 30.1 Å². The number of pyridine rings is 1. The zero-order chi connectivity index (χ0) is 16.7. The molecule has 1 saturated heterocycles. The highest BCUT2D eigenvalue weighted by Gasteiger charge is 2.28. The largest absolute Gasteiger partial charge is 0.469 e. The molecule has 1 aliphatic rings. The molecule has 23 heavy (non-hydrogen) atoms. The van der Waals surface area contributed by atoms with Crippen LogP contribution in [0.4, 0.5) is 0 Å². The highest BCUT2D eigenvalue weighted by Crippen LogP contribution is 2.20. The van der Waals surface area contributed by atoms with Gasteiger partial charge in [0.15, 0.2) is 0 Å². The van der Waals surface area contributed by atoms with E-state index in [1.807, 2.05) is 12.1 Å². The van der Waals surface area contributed by atoms with Crippen molar-refractivity contribution in [2.45, 2.75) is 38.8 Å². The first-order valence-corrected chi connectivity index (χ1v) is 8.08. The van der Waals surface area contributed by atoms with Crippen LogP contribution in [0.25, 0.3) is 0 Å². The fourth-order valence-electron chi connectivity index (χ4n) is 2.92. The lowest BCUT2D eigenvalue weighted by Crippen LogP contribution is -2.44. The highest BCUT2D eigenvalue weighted by molar-refractivity contribution is 5.79. The summed E-state index contributed by atoms with van der Waals surface area (Å²) in [4.78, 5) is 30.1. The van der Waals surface area contributed by atoms with Crippen LogP contribution >= 0.6 is 0 Å². The van der Waals surface area contributed by atoms with Crippen LogP contribution in [0.3, 0.4) is 0 Å². The summed E-state index contributed by atoms with van der Waals surface area (Å²) >= 11 is 0. The topological polar surface area (TPSA) is 71.5 Å². The quantitative estimate of drug-likeness (QED) is 0.802. The van der Waals surface area contributed by atoms with Crippen LogP contribution in [-0.2, 0) is 20.9 Å². The van der Waals surface area contributed by atoms with Gasteiger partial charge in [-0.3, -0.25) is 14.6 Å². The number of ether oxygens (including phenoxy) is 1. The molecule has 1 amide bonds. The average Bonchev–Trinajstić information content (AvgIpc) is 2.58. The molecule has 126 valence electrons. The number of hydrogen-bond donors (Lipinski definition) is 1. The van der Waals surface area contributed by atoms with Crippen molar-refractivity contribution < 1.29 is 14.3 Å². The molecular formula is C17H25N3O3. The third-order valence-corrected chi connectivity index (χ3v) is 4.22. The van der Waals surface area contributed by atoms with Gasteiger partial charge in [-0.15, -0.1) is 0 Å². The van der Waals surface area contributed by atoms with Gasteiger partial charge in [0.25, 0.3) is 0 Å². The van der Waals surface area contributed by atoms with E-state index in [-0.39, 0.29) is 24.2 Å². The Balaban J connectivity index is 2.04. The summed E-state index contributed by atoms with van der Waals surface area (Å²) in [6, 6.07) is 4.13. The molecule has 1 N–H and O–H groups in total. The van der Waals surface area contributed by atoms with Crippen molar-refractivity contribution in [1.82, 2.24) is 15.2 Å². The van der Waals surface area contributed by atoms with E-state index in [4.69, 9.17) is 4.74 Å². The van der Waals surface area contributed by atoms with Gasteiger partial charge in [-0.05, 0) is 44.0 Å². The number of amides is 1. The van der Waals surface area contributed by atoms with Crippen LogP contribution in [-0.4, -0.2) is 48.0 Å². The van der Waals surface area contributed by atoms with Crippen LogP contribution in [0.15, 0.2) is 24.5 Å². The monoisotopic (exact) mass is 319 g/mol. The van der Waals surface area contributed by atoms with E-state index in [1.54, 1.807) is 17.3 Å². The molecule has 1 aromatic heterocycles. The lowest BCUT2D eigenvalue weighted by molar-refractivity contribution is -0.143. The van der Waals surface area contributed by atoms with Crippen LogP contribution in [0.2, 0.25) is 0 Å². The number of methoxy groups -OCH3 is 1. The molecule has 1 fully saturated rings. The summed E-state index contributed by atoms with van der Waals surface area (Å²) in [6.07, 6.45) is 5.32. The van der Waals surface area contributed by atoms with E-state index in [9.17, 15) is 9.59 Å². The molecule has 1 aliphatic heterocycles. The Kier molecular flexibility index (Phi) is 6.52. The van der Waals surface area contributed by atoms with Crippen LogP contribution < -0.4 is 5.32 Å². The number of piperidine rings is 1. The lowest BCUT2D eigenvalue weighted by Gasteiger charge is -2.32. The minimum absolute atomic E-state index is 0.0192. The van der Waals surface area contributed by atoms with Gasteiger partial charge in [-0.2, -0.15) is 0 Å². The van der Waals surface area contributed by atoms with Crippen molar-refractivity contribution in [1.29, 1.82) is 0 Å². The Labute approximate surface area is 137 Å². The number of rotatable bonds is 6. The van der Waals surface area contributed by atoms with Gasteiger partial charge in [0.1, 0.15) is 0 Å². The number of esters is 1. The fourth-order valence-corrected chi connectivity index (χ4v) is 2.92. The van der Waals surface area contributed by atoms with Gasteiger partial charge in [0.2, 0.25) is 5.91 Å². The molecule has 0 bridgehead atoms. The van der Waals surface area contributed by atoms with E-state index < -0.39 is 0 Å². The van der Waals surface area contributed by atoms with Crippen molar-refractivity contribution in [3.63, 3.8) is 0 Å². The first-order chi connectivity index (χ1) is 11.1. The van der Waals surface area contributed by atoms with E-state index in [0.29, 0.717) is 19.1 Å². The minimum atomic E-state index is -0.295. The third-order valence-electron chi connectivity index (χ3n) is 4.22. The Bertz CT molecular complexity index is 521. The lowest BCUT2D eigenvalue weighted by atomic mass is 9.92. The first-order valence-electron chi connectivity index (χ1n) is 8.08. The second-order valence-electron chi connectivity index (χ2n) is 6.02. The number of hydrogen-bond acceptors (Lipinski definition) is 5. The predicted octanol–water partition coefficient (Wildman–Crippen LogP) is 1.36. The Morgan fingerprint density at radius 2 is 2.13 bits per heavy atom. The third kappa shape index (κ3) is 5.32. The predicted molar refractivity (Wildman–Crippen MR) is 86.5 cm³/mol. The zero-order valence-corrected chi connectivity index (χ0v) is 13.8. The Morgan fingerprint density at radius 3 is 2.78 bits per heavy atom. The molecule has 2 heterocycles. The molecule has 0 spiro atoms. The molecule has 0 unspecified atom stereocenters. The molecule has 0 saturated carbocycles. The van der Waals surface area contributed by atoms with Crippen molar-refractivity contribution in [2.24, 2.45) is 5.92 Å². The zero-order valence-electron chi connectivity index (χ0n) is 13.8. The maximum Gasteiger partial charge on any atom is 0.307 e. The number of nitrogens with zero attached hydrogens (tertiary/aromatic N) is 2. The molecular weight excluding hydrogens is 294 g/mol. The van der Waals surface area contributed by atoms with Crippen LogP contribution in [0, 0.1) is 5.92 Å². The Morgan fingerprint density at radius 1 is 1.39 bits per heavy atom. The smallest absolute Gasteiger partial charge is 0.307 e. The number of carbonyl (C=O) groups is 2. The normalized spacial score (nSPS) is 20.8. The second-order valence-corrected chi connectivity index (χ2v) is 6.02. The molecule has 1 aromatic rings. The van der Waals surface area contributed by atoms with Crippen LogP contribution in [0.1, 0.15) is 31.7 Å². The summed E-state index contributed by atoms with van der Waals surface area (Å²) in [7, 11) is 1.37. The molecule has 6 nitrogen and oxygen atoms in total. The molecule has 6 heteroatoms. The van der Waals surface area contributed by atoms with Gasteiger partial charge in [-0.25, -0.2) is 0 Å². The van der Waals surface area contributed by atoms with Gasteiger partial charge < -0.3 is 15.0 Å². The van der Waals surface area contributed by atoms with Gasteiger partial charge in [-0.1, -0.05) is 0 Å². The minimum Gasteiger partial charge on any atom is -0.469 e. The second kappa shape index (κ2) is 8.62. The molecule has 2 rings (SSSR count). The maximum absolute atomic E-state index is 12.9. The first kappa shape index (κ1) is 17.4. The number of carbonyl (C=O) groups excluding carboxylic acids is 2. The van der Waals surface area contributed by atoms with Gasteiger partial charge in [0.05, 0.1) is 13.5 Å². The average molecular weight is 319 g/mol. The van der Waals surface area contributed by atoms with E-state index in [0.717, 1.165) is 24.9 Å². The van der Waals surface area contributed by atoms with E-state index >= 15 is 0 Å². The summed E-state index contributed by atoms with van der Waals surface area (Å²) in [5.74, 6) is -0.152. The maximum atomic E-state index is 12.9. The Hall–Kier alpha value is -1.95. The van der Waals surface area contributed by atoms with Crippen molar-refractivity contribution >= 4 is 11.9 Å². The number of aromatic nitrogens is 1. The highest BCUT2D eigenvalue weighted by atomic mass is 16.5. The molecule has 0 aromatic carbocycles. The molecule has 0 aliphatic carbocycles. The summed E-state index contributed by atoms with van der Waals surface area (Å²) in [5.41, 5.74) is 1.01. The van der Waals surface area contributed by atoms with Crippen molar-refractivity contribution in [2.75, 3.05) is 20.2 Å². The van der Waals surface area contributed by atoms with E-state index in [1.165, 1.54) is 7.11 Å². The van der Waals surface area contributed by atoms with Crippen molar-refractivity contribution in [3.8, 4) is 0 Å². The standard InChI is InChI=1S/C17H25N3O3/c1-13-11-15(5-9-19-13)17(22)20(10-6-16(21)23-2)12-14-3-7-18-8-4-14/h3-4,7-8,13,15,19H,5-6,9-12H2,1-2H3/t13-,15-/m0/s1. The summed E-state index contributed by atoms with van der Waals surface area (Å²) < 4.78 is 4.70. The molecule has 2 atom stereocenters. The fraction of sp³-hybridized carbons (Fsp3) is 0.588. The van der Waals surface area contributed by atoms with Gasteiger partial charge >= 0.3 is 5.97 Å². The molecule has 0 radical (unpaired) electrons. The summed E-state index contributed by atoms with van der Waals surface area (Å²) in [6.45, 7) is 3.83. The van der Waals surface area contributed by atoms with Crippen LogP contribution in [0.5, 0.6) is 0 Å².